The first kappa shape index (κ1) is 50.1. The Morgan fingerprint density at radius 2 is 1.12 bits per heavy atom. The van der Waals surface area contributed by atoms with Crippen LogP contribution in [0.3, 0.4) is 0 Å². The third-order valence-corrected chi connectivity index (χ3v) is 4.59. The van der Waals surface area contributed by atoms with E-state index in [1.807, 2.05) is 105 Å². The van der Waals surface area contributed by atoms with Gasteiger partial charge in [-0.05, 0) is 40.7 Å². The molecule has 0 fully saturated rings. The monoisotopic (exact) mass is 560 g/mol. The van der Waals surface area contributed by atoms with Crippen molar-refractivity contribution in [1.29, 1.82) is 0 Å². The van der Waals surface area contributed by atoms with Gasteiger partial charge < -0.3 is 4.98 Å². The van der Waals surface area contributed by atoms with E-state index in [1.165, 1.54) is 5.56 Å². The number of nitrogens with zero attached hydrogens (tertiary/aromatic N) is 2. The Bertz CT molecular complexity index is 894. The molecular weight excluding hydrogens is 490 g/mol. The fraction of sp³-hybridized carbons (Fsp3) is 0.583. The molecule has 0 aliphatic carbocycles. The third kappa shape index (κ3) is 23.2. The molecule has 0 saturated heterocycles. The normalized spacial score (nSPS) is 9.38. The Morgan fingerprint density at radius 3 is 1.38 bits per heavy atom. The Morgan fingerprint density at radius 1 is 0.600 bits per heavy atom. The molecule has 234 valence electrons. The molecule has 0 bridgehead atoms. The van der Waals surface area contributed by atoms with Crippen LogP contribution in [-0.2, 0) is 16.2 Å². The van der Waals surface area contributed by atoms with Crippen LogP contribution in [-0.4, -0.2) is 15.0 Å². The standard InChI is InChI=1S/C9H13NO.2C9H13N.3C2H6.3CH4/c1-9(2,3)7-5-4-6-10-8(7)11;1-9(2,3)8-5-4-6-10-7-8;1-9(2,3)8-6-4-5-7-10-8;3*1-2;;;/h4-6H,1-3H3,(H,10,11);2*4-7H,1-3H3;3*1-2H3;3*1H4. The summed E-state index contributed by atoms with van der Waals surface area (Å²) in [4.78, 5) is 22.2. The summed E-state index contributed by atoms with van der Waals surface area (Å²) in [5.41, 5.74) is 3.63. The van der Waals surface area contributed by atoms with E-state index in [0.29, 0.717) is 0 Å². The van der Waals surface area contributed by atoms with Crippen LogP contribution in [0.1, 0.15) is 143 Å². The first-order chi connectivity index (χ1) is 17.2. The van der Waals surface area contributed by atoms with Crippen molar-refractivity contribution >= 4 is 0 Å². The predicted octanol–water partition coefficient (Wildman–Crippen LogP) is 11.4. The number of rotatable bonds is 0. The molecule has 4 nitrogen and oxygen atoms in total. The molecule has 3 heterocycles. The zero-order valence-corrected chi connectivity index (χ0v) is 26.7. The van der Waals surface area contributed by atoms with E-state index in [9.17, 15) is 4.79 Å². The van der Waals surface area contributed by atoms with Crippen LogP contribution in [0.25, 0.3) is 0 Å². The van der Waals surface area contributed by atoms with E-state index in [1.54, 1.807) is 12.4 Å². The summed E-state index contributed by atoms with van der Waals surface area (Å²) < 4.78 is 0. The minimum Gasteiger partial charge on any atom is -0.329 e. The number of nitrogens with one attached hydrogen (secondary N) is 1. The minimum atomic E-state index is -0.0607. The highest BCUT2D eigenvalue weighted by Crippen LogP contribution is 2.20. The lowest BCUT2D eigenvalue weighted by atomic mass is 9.88. The van der Waals surface area contributed by atoms with Gasteiger partial charge >= 0.3 is 0 Å². The predicted molar refractivity (Wildman–Crippen MR) is 186 cm³/mol. The highest BCUT2D eigenvalue weighted by molar-refractivity contribution is 5.18. The zero-order chi connectivity index (χ0) is 29.7. The quantitative estimate of drug-likeness (QED) is 0.298. The summed E-state index contributed by atoms with van der Waals surface area (Å²) in [7, 11) is 0. The highest BCUT2D eigenvalue weighted by atomic mass is 16.1. The summed E-state index contributed by atoms with van der Waals surface area (Å²) >= 11 is 0. The largest absolute Gasteiger partial charge is 0.329 e. The zero-order valence-electron chi connectivity index (χ0n) is 26.7. The molecule has 0 radical (unpaired) electrons. The Labute approximate surface area is 251 Å². The fourth-order valence-electron chi connectivity index (χ4n) is 2.62. The van der Waals surface area contributed by atoms with Gasteiger partial charge in [-0.3, -0.25) is 14.8 Å². The molecule has 3 rings (SSSR count). The van der Waals surface area contributed by atoms with Gasteiger partial charge in [0.05, 0.1) is 0 Å². The van der Waals surface area contributed by atoms with Crippen LogP contribution < -0.4 is 5.56 Å². The average molecular weight is 560 g/mol. The Balaban J connectivity index is -0.0000000956. The van der Waals surface area contributed by atoms with Gasteiger partial charge in [-0.25, -0.2) is 0 Å². The van der Waals surface area contributed by atoms with Gasteiger partial charge in [0.2, 0.25) is 0 Å². The summed E-state index contributed by atoms with van der Waals surface area (Å²) in [6, 6.07) is 13.8. The van der Waals surface area contributed by atoms with Crippen LogP contribution in [0.2, 0.25) is 0 Å². The molecule has 3 aromatic rings. The lowest BCUT2D eigenvalue weighted by molar-refractivity contribution is 0.569. The SMILES string of the molecule is C.C.C.CC.CC.CC.CC(C)(C)c1ccc[nH]c1=O.CC(C)(C)c1ccccn1.CC(C)(C)c1cccnc1. The average Bonchev–Trinajstić information content (AvgIpc) is 2.88. The van der Waals surface area contributed by atoms with Gasteiger partial charge in [0.25, 0.3) is 5.56 Å². The van der Waals surface area contributed by atoms with Gasteiger partial charge in [-0.15, -0.1) is 0 Å². The van der Waals surface area contributed by atoms with E-state index in [4.69, 9.17) is 0 Å². The van der Waals surface area contributed by atoms with E-state index in [2.05, 4.69) is 68.6 Å². The van der Waals surface area contributed by atoms with Crippen LogP contribution >= 0.6 is 0 Å². The topological polar surface area (TPSA) is 58.6 Å². The van der Waals surface area contributed by atoms with Crippen molar-refractivity contribution in [1.82, 2.24) is 15.0 Å². The van der Waals surface area contributed by atoms with Crippen molar-refractivity contribution in [3.8, 4) is 0 Å². The molecule has 0 aliphatic rings. The molecule has 40 heavy (non-hydrogen) atoms. The van der Waals surface area contributed by atoms with Gasteiger partial charge in [0, 0.05) is 41.5 Å². The van der Waals surface area contributed by atoms with Crippen molar-refractivity contribution in [2.24, 2.45) is 0 Å². The molecule has 0 spiro atoms. The number of aromatic nitrogens is 3. The lowest BCUT2D eigenvalue weighted by Crippen LogP contribution is -2.23. The van der Waals surface area contributed by atoms with E-state index >= 15 is 0 Å². The van der Waals surface area contributed by atoms with Crippen molar-refractivity contribution in [3.05, 3.63) is 94.4 Å². The van der Waals surface area contributed by atoms with Crippen molar-refractivity contribution in [2.75, 3.05) is 0 Å². The Hall–Kier alpha value is -2.75. The van der Waals surface area contributed by atoms with Crippen LogP contribution in [0, 0.1) is 0 Å². The van der Waals surface area contributed by atoms with Crippen molar-refractivity contribution in [2.45, 2.75) is 142 Å². The Kier molecular flexibility index (Phi) is 33.2. The highest BCUT2D eigenvalue weighted by Gasteiger charge is 2.16. The number of aromatic amines is 1. The molecular formula is C36H69N3O. The minimum absolute atomic E-state index is 0. The van der Waals surface area contributed by atoms with E-state index in [0.717, 1.165) is 11.3 Å². The first-order valence-electron chi connectivity index (χ1n) is 13.7. The second kappa shape index (κ2) is 26.5. The van der Waals surface area contributed by atoms with E-state index in [-0.39, 0.29) is 44.1 Å². The molecule has 1 N–H and O–H groups in total. The molecule has 3 aromatic heterocycles. The number of pyridine rings is 3. The summed E-state index contributed by atoms with van der Waals surface area (Å²) in [5.74, 6) is 0. The molecule has 0 amide bonds. The van der Waals surface area contributed by atoms with Gasteiger partial charge in [-0.1, -0.05) is 144 Å². The maximum absolute atomic E-state index is 11.2. The molecule has 0 aliphatic heterocycles. The molecule has 0 saturated carbocycles. The van der Waals surface area contributed by atoms with Gasteiger partial charge in [0.1, 0.15) is 0 Å². The van der Waals surface area contributed by atoms with E-state index < -0.39 is 0 Å². The molecule has 4 heteroatoms. The lowest BCUT2D eigenvalue weighted by Gasteiger charge is -2.17. The van der Waals surface area contributed by atoms with Crippen molar-refractivity contribution < 1.29 is 0 Å². The van der Waals surface area contributed by atoms with Crippen LogP contribution in [0.4, 0.5) is 0 Å². The second-order valence-corrected chi connectivity index (χ2v) is 10.6. The maximum atomic E-state index is 11.2. The van der Waals surface area contributed by atoms with Crippen molar-refractivity contribution in [3.63, 3.8) is 0 Å². The number of hydrogen-bond acceptors (Lipinski definition) is 3. The summed E-state index contributed by atoms with van der Waals surface area (Å²) in [6.07, 6.45) is 7.20. The van der Waals surface area contributed by atoms with Crippen LogP contribution in [0.5, 0.6) is 0 Å². The summed E-state index contributed by atoms with van der Waals surface area (Å²) in [6.45, 7) is 31.1. The molecule has 0 aromatic carbocycles. The third-order valence-electron chi connectivity index (χ3n) is 4.59. The maximum Gasteiger partial charge on any atom is 0.251 e. The van der Waals surface area contributed by atoms with Crippen LogP contribution in [0.15, 0.2) is 72.0 Å². The fourth-order valence-corrected chi connectivity index (χ4v) is 2.62. The van der Waals surface area contributed by atoms with Gasteiger partial charge in [-0.2, -0.15) is 0 Å². The first-order valence-corrected chi connectivity index (χ1v) is 13.7. The smallest absolute Gasteiger partial charge is 0.251 e. The molecule has 0 atom stereocenters. The summed E-state index contributed by atoms with van der Waals surface area (Å²) in [5, 5.41) is 0. The van der Waals surface area contributed by atoms with Gasteiger partial charge in [0.15, 0.2) is 0 Å². The second-order valence-electron chi connectivity index (χ2n) is 10.6. The number of hydrogen-bond donors (Lipinski definition) is 1. The molecule has 0 unspecified atom stereocenters. The number of H-pyrrole nitrogens is 1.